The van der Waals surface area contributed by atoms with E-state index in [9.17, 15) is 10.2 Å². The van der Waals surface area contributed by atoms with Crippen LogP contribution < -0.4 is 98.3 Å². The summed E-state index contributed by atoms with van der Waals surface area (Å²) in [6, 6.07) is 29.2. The molecule has 0 saturated heterocycles. The third-order valence-electron chi connectivity index (χ3n) is 19.8. The zero-order chi connectivity index (χ0) is 55.3. The second kappa shape index (κ2) is 18.9. The molecule has 10 aromatic rings. The van der Waals surface area contributed by atoms with Crippen LogP contribution in [-0.2, 0) is 5.21 Å². The molecule has 0 spiro atoms. The first-order valence-corrected chi connectivity index (χ1v) is 27.4. The van der Waals surface area contributed by atoms with Crippen LogP contribution in [-0.4, -0.2) is 190 Å². The largest absolute Gasteiger partial charge is 0.375 e. The molecule has 0 amide bonds. The smallest absolute Gasteiger partial charge is 0.177 e. The van der Waals surface area contributed by atoms with Crippen LogP contribution in [0, 0.1) is 0 Å². The fourth-order valence-electron chi connectivity index (χ4n) is 13.1. The van der Waals surface area contributed by atoms with Crippen LogP contribution >= 0.6 is 0 Å². The van der Waals surface area contributed by atoms with E-state index < -0.39 is 10.9 Å². The van der Waals surface area contributed by atoms with Crippen molar-refractivity contribution in [3.63, 3.8) is 0 Å². The SMILES string of the molecule is Bc1c(B)c(B)c(-c2cc(-c3c(B)c(B)c(B)c(B)c3B)cc(-c3c4c(B)c(B)c(B)c(B)c4c(-c4ccc5cc(-n6c(C(B)(B)C(B)(O)O)nc7ccccc76)ccc5c4)c4c(B)c(B)c(B)c(B)c34)c2)c(B)c1B. The molecule has 0 atom stereocenters. The Labute approximate surface area is 469 Å². The second-order valence-corrected chi connectivity index (χ2v) is 23.7. The Bertz CT molecular complexity index is 4020. The average molecular weight is 957 g/mol. The minimum atomic E-state index is -2.01. The minimum absolute atomic E-state index is 0.588. The number of imidazole rings is 1. The molecule has 0 aliphatic heterocycles. The fourth-order valence-corrected chi connectivity index (χ4v) is 13.1. The van der Waals surface area contributed by atoms with Gasteiger partial charge >= 0.3 is 0 Å². The molecule has 0 fully saturated rings. The summed E-state index contributed by atoms with van der Waals surface area (Å²) >= 11 is 0. The molecule has 0 aliphatic rings. The van der Waals surface area contributed by atoms with E-state index in [1.54, 1.807) is 0 Å². The number of hydrogen-bond donors (Lipinski definition) is 2. The Balaban J connectivity index is 1.34. The lowest BCUT2D eigenvalue weighted by atomic mass is 9.45. The Kier molecular flexibility index (Phi) is 13.4. The normalized spacial score (nSPS) is 12.1. The molecular weight excluding hydrogens is 900 g/mol. The molecule has 0 bridgehead atoms. The van der Waals surface area contributed by atoms with Crippen LogP contribution in [0.15, 0.2) is 78.9 Å². The molecule has 1 heterocycles. The topological polar surface area (TPSA) is 58.3 Å². The summed E-state index contributed by atoms with van der Waals surface area (Å²) < 4.78 is 2.09. The first-order valence-electron chi connectivity index (χ1n) is 27.4. The number of para-hydroxylation sites is 2. The highest BCUT2D eigenvalue weighted by atomic mass is 16.5. The van der Waals surface area contributed by atoms with Crippen LogP contribution in [0.25, 0.3) is 93.5 Å². The summed E-state index contributed by atoms with van der Waals surface area (Å²) in [5.41, 5.74) is 35.0. The maximum atomic E-state index is 11.1. The molecule has 76 heavy (non-hydrogen) atoms. The Morgan fingerprint density at radius 1 is 0.342 bits per heavy atom. The lowest BCUT2D eigenvalue weighted by Gasteiger charge is -2.36. The molecule has 4 nitrogen and oxygen atoms in total. The van der Waals surface area contributed by atoms with Gasteiger partial charge in [0, 0.05) is 10.9 Å². The van der Waals surface area contributed by atoms with Crippen LogP contribution in [0.3, 0.4) is 0 Å². The number of rotatable bonds is 7. The predicted octanol–water partition coefficient (Wildman–Crippen LogP) is -22.5. The second-order valence-electron chi connectivity index (χ2n) is 23.7. The van der Waals surface area contributed by atoms with Crippen LogP contribution in [0.1, 0.15) is 5.82 Å². The lowest BCUT2D eigenvalue weighted by Crippen LogP contribution is -2.55. The Morgan fingerprint density at radius 2 is 0.684 bits per heavy atom. The van der Waals surface area contributed by atoms with Crippen molar-refractivity contribution in [2.45, 2.75) is 10.9 Å². The molecule has 25 heteroatoms. The lowest BCUT2D eigenvalue weighted by molar-refractivity contribution is -0.100. The van der Waals surface area contributed by atoms with Gasteiger partial charge < -0.3 is 10.2 Å². The standard InChI is InChI=1S/C51H57B21N2O2/c52-31-25(32(53)40(61)47(68)39(31)60)18-10-17(11-19(12-18)26-33(54)41(62)48(69)42(63)34(26)55)24-29-27(35(56)43(64)45(66)37(29)58)23(28-30(24)38(59)46(67)44(65)36(28)57)16-6-5-15-13-20(8-7-14(15)9-16)74-22-4-2-1-3-21(22)73-49(74)50(70,71)51(72,75)76/h1-13,75-76H,52-72H2. The van der Waals surface area contributed by atoms with E-state index in [-0.39, 0.29) is 0 Å². The molecule has 9 aromatic carbocycles. The first kappa shape index (κ1) is 53.9. The average Bonchev–Trinajstić information content (AvgIpc) is 3.82. The Morgan fingerprint density at radius 3 is 1.11 bits per heavy atom. The van der Waals surface area contributed by atoms with Gasteiger partial charge in [0.15, 0.2) is 7.85 Å². The molecule has 2 N–H and O–H groups in total. The van der Waals surface area contributed by atoms with Gasteiger partial charge in [-0.3, -0.25) is 4.57 Å². The van der Waals surface area contributed by atoms with Gasteiger partial charge in [0.25, 0.3) is 0 Å². The highest BCUT2D eigenvalue weighted by molar-refractivity contribution is 6.73. The van der Waals surface area contributed by atoms with Gasteiger partial charge in [-0.25, -0.2) is 4.98 Å². The summed E-state index contributed by atoms with van der Waals surface area (Å²) in [5.74, 6) is 0.588. The van der Waals surface area contributed by atoms with E-state index in [1.807, 2.05) is 33.9 Å². The summed E-state index contributed by atoms with van der Waals surface area (Å²) in [6.45, 7) is 0. The van der Waals surface area contributed by atoms with E-state index in [0.29, 0.717) is 5.82 Å². The van der Waals surface area contributed by atoms with Crippen molar-refractivity contribution in [2.24, 2.45) is 0 Å². The number of aliphatic hydroxyl groups is 2. The zero-order valence-corrected chi connectivity index (χ0v) is 49.3. The molecule has 10 rings (SSSR count). The minimum Gasteiger partial charge on any atom is -0.375 e. The third-order valence-corrected chi connectivity index (χ3v) is 19.8. The van der Waals surface area contributed by atoms with E-state index in [4.69, 9.17) is 4.98 Å². The van der Waals surface area contributed by atoms with Crippen molar-refractivity contribution in [1.82, 2.24) is 9.55 Å². The van der Waals surface area contributed by atoms with Crippen molar-refractivity contribution in [1.29, 1.82) is 0 Å². The maximum Gasteiger partial charge on any atom is 0.177 e. The predicted molar refractivity (Wildman–Crippen MR) is 397 cm³/mol. The summed E-state index contributed by atoms with van der Waals surface area (Å²) in [7, 11) is 46.9. The molecular formula is C51H57B21N2O2. The van der Waals surface area contributed by atoms with Crippen molar-refractivity contribution >= 4 is 306 Å². The molecule has 0 unspecified atom stereocenters. The summed E-state index contributed by atoms with van der Waals surface area (Å²) in [5, 5.41) is 28.6. The van der Waals surface area contributed by atoms with Gasteiger partial charge in [0.2, 0.25) is 0 Å². The van der Waals surface area contributed by atoms with Crippen LogP contribution in [0.4, 0.5) is 0 Å². The first-order chi connectivity index (χ1) is 35.6. The monoisotopic (exact) mass is 961 g/mol. The third kappa shape index (κ3) is 7.92. The van der Waals surface area contributed by atoms with Gasteiger partial charge in [0.1, 0.15) is 168 Å². The van der Waals surface area contributed by atoms with Gasteiger partial charge in [-0.15, -0.1) is 54.6 Å². The van der Waals surface area contributed by atoms with Gasteiger partial charge in [-0.05, 0) is 125 Å². The highest BCUT2D eigenvalue weighted by Crippen LogP contribution is 2.43. The fraction of sp³-hybridized carbons (Fsp3) is 0.0392. The van der Waals surface area contributed by atoms with Crippen molar-refractivity contribution in [3.8, 4) is 50.2 Å². The van der Waals surface area contributed by atoms with Gasteiger partial charge in [-0.2, -0.15) is 0 Å². The molecule has 0 aliphatic carbocycles. The van der Waals surface area contributed by atoms with Gasteiger partial charge in [-0.1, -0.05) is 74.0 Å². The zero-order valence-electron chi connectivity index (χ0n) is 49.3. The van der Waals surface area contributed by atoms with E-state index in [2.05, 4.69) is 206 Å². The van der Waals surface area contributed by atoms with E-state index >= 15 is 0 Å². The number of aromatic nitrogens is 2. The number of hydrogen-bond acceptors (Lipinski definition) is 3. The van der Waals surface area contributed by atoms with Crippen LogP contribution in [0.5, 0.6) is 0 Å². The van der Waals surface area contributed by atoms with Crippen LogP contribution in [0.2, 0.25) is 0 Å². The quantitative estimate of drug-likeness (QED) is 0.0951. The summed E-state index contributed by atoms with van der Waals surface area (Å²) in [4.78, 5) is 5.02. The molecule has 0 radical (unpaired) electrons. The number of fused-ring (bicyclic) bond motifs is 4. The maximum absolute atomic E-state index is 11.1. The molecule has 1 aromatic heterocycles. The molecule has 346 valence electrons. The van der Waals surface area contributed by atoms with Crippen molar-refractivity contribution in [2.75, 3.05) is 0 Å². The number of benzene rings is 9. The summed E-state index contributed by atoms with van der Waals surface area (Å²) in [6.07, 6.45) is 0. The number of nitrogens with zero attached hydrogens (tertiary/aromatic N) is 2. The Hall–Kier alpha value is -5.49. The van der Waals surface area contributed by atoms with E-state index in [1.165, 1.54) is 172 Å². The van der Waals surface area contributed by atoms with Gasteiger partial charge in [0.05, 0.1) is 11.0 Å². The van der Waals surface area contributed by atoms with Crippen molar-refractivity contribution in [3.05, 3.63) is 84.7 Å². The molecule has 0 saturated carbocycles. The van der Waals surface area contributed by atoms with Crippen molar-refractivity contribution < 1.29 is 10.2 Å². The van der Waals surface area contributed by atoms with E-state index in [0.717, 1.165) is 27.5 Å². The highest BCUT2D eigenvalue weighted by Gasteiger charge is 2.42.